The van der Waals surface area contributed by atoms with Crippen molar-refractivity contribution in [1.82, 2.24) is 5.32 Å². The lowest BCUT2D eigenvalue weighted by molar-refractivity contribution is -0.00521. The van der Waals surface area contributed by atoms with Gasteiger partial charge in [0.25, 0.3) is 0 Å². The van der Waals surface area contributed by atoms with Crippen LogP contribution in [0, 0.1) is 0 Å². The van der Waals surface area contributed by atoms with Gasteiger partial charge in [-0.1, -0.05) is 0 Å². The average molecular weight is 115 g/mol. The average Bonchev–Trinajstić information content (AvgIpc) is 1.79. The largest absolute Gasteiger partial charge is 0.376 e. The predicted molar refractivity (Wildman–Crippen MR) is 32.9 cm³/mol. The molecule has 1 fully saturated rings. The van der Waals surface area contributed by atoms with Crippen LogP contribution in [0.4, 0.5) is 0 Å². The first kappa shape index (κ1) is 6.05. The van der Waals surface area contributed by atoms with Crippen LogP contribution in [0.5, 0.6) is 0 Å². The minimum atomic E-state index is 0.486. The maximum absolute atomic E-state index is 5.33. The quantitative estimate of drug-likeness (QED) is 0.562. The van der Waals surface area contributed by atoms with Gasteiger partial charge < -0.3 is 10.1 Å². The second kappa shape index (κ2) is 2.46. The smallest absolute Gasteiger partial charge is 0.0849 e. The van der Waals surface area contributed by atoms with Gasteiger partial charge in [-0.25, -0.2) is 0 Å². The molecule has 0 aliphatic carbocycles. The summed E-state index contributed by atoms with van der Waals surface area (Å²) in [4.78, 5) is 0. The number of ether oxygens (including phenoxy) is 1. The summed E-state index contributed by atoms with van der Waals surface area (Å²) >= 11 is 0. The SMILES string of the molecule is CCOC1CNC1C. The summed E-state index contributed by atoms with van der Waals surface area (Å²) in [5.41, 5.74) is 0. The van der Waals surface area contributed by atoms with E-state index in [0.29, 0.717) is 12.1 Å². The Kier molecular flexibility index (Phi) is 1.86. The van der Waals surface area contributed by atoms with E-state index >= 15 is 0 Å². The van der Waals surface area contributed by atoms with Crippen LogP contribution in [0.15, 0.2) is 0 Å². The summed E-state index contributed by atoms with van der Waals surface area (Å²) in [5, 5.41) is 3.22. The fraction of sp³-hybridized carbons (Fsp3) is 1.00. The Labute approximate surface area is 50.2 Å². The van der Waals surface area contributed by atoms with Gasteiger partial charge >= 0.3 is 0 Å². The van der Waals surface area contributed by atoms with Gasteiger partial charge in [-0.15, -0.1) is 0 Å². The zero-order valence-corrected chi connectivity index (χ0v) is 5.48. The fourth-order valence-corrected chi connectivity index (χ4v) is 0.867. The van der Waals surface area contributed by atoms with Crippen molar-refractivity contribution in [1.29, 1.82) is 0 Å². The van der Waals surface area contributed by atoms with E-state index in [-0.39, 0.29) is 0 Å². The Morgan fingerprint density at radius 2 is 2.50 bits per heavy atom. The number of nitrogens with one attached hydrogen (secondary N) is 1. The number of rotatable bonds is 2. The normalized spacial score (nSPS) is 36.8. The maximum Gasteiger partial charge on any atom is 0.0849 e. The van der Waals surface area contributed by atoms with E-state index in [1.54, 1.807) is 0 Å². The first-order valence-corrected chi connectivity index (χ1v) is 3.19. The Balaban J connectivity index is 2.08. The van der Waals surface area contributed by atoms with Crippen molar-refractivity contribution in [3.63, 3.8) is 0 Å². The highest BCUT2D eigenvalue weighted by Gasteiger charge is 2.25. The number of hydrogen-bond acceptors (Lipinski definition) is 2. The van der Waals surface area contributed by atoms with Crippen molar-refractivity contribution in [3.05, 3.63) is 0 Å². The summed E-state index contributed by atoms with van der Waals surface area (Å²) in [6.07, 6.45) is 0.486. The lowest BCUT2D eigenvalue weighted by Crippen LogP contribution is -2.56. The molecule has 0 aromatic heterocycles. The Morgan fingerprint density at radius 1 is 1.75 bits per heavy atom. The van der Waals surface area contributed by atoms with Gasteiger partial charge in [0.05, 0.1) is 6.10 Å². The molecule has 2 unspecified atom stereocenters. The second-order valence-electron chi connectivity index (χ2n) is 2.19. The van der Waals surface area contributed by atoms with Gasteiger partial charge in [-0.2, -0.15) is 0 Å². The highest BCUT2D eigenvalue weighted by molar-refractivity contribution is 4.84. The van der Waals surface area contributed by atoms with E-state index in [4.69, 9.17) is 4.74 Å². The van der Waals surface area contributed by atoms with Crippen LogP contribution in [0.2, 0.25) is 0 Å². The van der Waals surface area contributed by atoms with Crippen molar-refractivity contribution < 1.29 is 4.74 Å². The van der Waals surface area contributed by atoms with E-state index in [1.807, 2.05) is 6.92 Å². The molecule has 0 aromatic rings. The predicted octanol–water partition coefficient (Wildman–Crippen LogP) is 0.383. The molecule has 1 aliphatic heterocycles. The summed E-state index contributed by atoms with van der Waals surface area (Å²) in [6.45, 7) is 6.06. The van der Waals surface area contributed by atoms with Crippen LogP contribution in [-0.2, 0) is 4.74 Å². The molecule has 1 saturated heterocycles. The van der Waals surface area contributed by atoms with Crippen molar-refractivity contribution >= 4 is 0 Å². The molecular weight excluding hydrogens is 102 g/mol. The second-order valence-corrected chi connectivity index (χ2v) is 2.19. The molecule has 2 nitrogen and oxygen atoms in total. The lowest BCUT2D eigenvalue weighted by atomic mass is 10.1. The van der Waals surface area contributed by atoms with E-state index in [1.165, 1.54) is 0 Å². The van der Waals surface area contributed by atoms with Gasteiger partial charge in [0, 0.05) is 19.2 Å². The van der Waals surface area contributed by atoms with Gasteiger partial charge in [0.1, 0.15) is 0 Å². The fourth-order valence-electron chi connectivity index (χ4n) is 0.867. The third-order valence-electron chi connectivity index (χ3n) is 1.58. The van der Waals surface area contributed by atoms with Crippen molar-refractivity contribution in [2.24, 2.45) is 0 Å². The van der Waals surface area contributed by atoms with Crippen LogP contribution >= 0.6 is 0 Å². The molecule has 0 bridgehead atoms. The monoisotopic (exact) mass is 115 g/mol. The first-order chi connectivity index (χ1) is 3.84. The van der Waals surface area contributed by atoms with Crippen LogP contribution < -0.4 is 5.32 Å². The molecule has 0 saturated carbocycles. The standard InChI is InChI=1S/C6H13NO/c1-3-8-6-4-7-5(6)2/h5-7H,3-4H2,1-2H3. The summed E-state index contributed by atoms with van der Waals surface area (Å²) < 4.78 is 5.33. The van der Waals surface area contributed by atoms with Crippen molar-refractivity contribution in [2.75, 3.05) is 13.2 Å². The molecule has 2 atom stereocenters. The topological polar surface area (TPSA) is 21.3 Å². The first-order valence-electron chi connectivity index (χ1n) is 3.19. The van der Waals surface area contributed by atoms with Crippen molar-refractivity contribution in [3.8, 4) is 0 Å². The van der Waals surface area contributed by atoms with E-state index in [9.17, 15) is 0 Å². The highest BCUT2D eigenvalue weighted by Crippen LogP contribution is 2.06. The maximum atomic E-state index is 5.33. The van der Waals surface area contributed by atoms with E-state index < -0.39 is 0 Å². The third-order valence-corrected chi connectivity index (χ3v) is 1.58. The summed E-state index contributed by atoms with van der Waals surface area (Å²) in [7, 11) is 0. The van der Waals surface area contributed by atoms with Gasteiger partial charge in [-0.3, -0.25) is 0 Å². The van der Waals surface area contributed by atoms with E-state index in [0.717, 1.165) is 13.2 Å². The minimum Gasteiger partial charge on any atom is -0.376 e. The minimum absolute atomic E-state index is 0.486. The molecular formula is C6H13NO. The van der Waals surface area contributed by atoms with E-state index in [2.05, 4.69) is 12.2 Å². The van der Waals surface area contributed by atoms with Crippen molar-refractivity contribution in [2.45, 2.75) is 26.0 Å². The molecule has 1 aliphatic rings. The molecule has 0 spiro atoms. The Hall–Kier alpha value is -0.0800. The summed E-state index contributed by atoms with van der Waals surface area (Å²) in [5.74, 6) is 0. The van der Waals surface area contributed by atoms with Gasteiger partial charge in [0.2, 0.25) is 0 Å². The molecule has 0 radical (unpaired) electrons. The van der Waals surface area contributed by atoms with Crippen LogP contribution in [0.3, 0.4) is 0 Å². The lowest BCUT2D eigenvalue weighted by Gasteiger charge is -2.34. The molecule has 2 heteroatoms. The van der Waals surface area contributed by atoms with Crippen LogP contribution in [-0.4, -0.2) is 25.3 Å². The molecule has 8 heavy (non-hydrogen) atoms. The molecule has 1 rings (SSSR count). The van der Waals surface area contributed by atoms with Crippen LogP contribution in [0.1, 0.15) is 13.8 Å². The summed E-state index contributed by atoms with van der Waals surface area (Å²) in [6, 6.07) is 0.579. The molecule has 1 N–H and O–H groups in total. The van der Waals surface area contributed by atoms with Crippen LogP contribution in [0.25, 0.3) is 0 Å². The number of hydrogen-bond donors (Lipinski definition) is 1. The Bertz CT molecular complexity index is 74.9. The highest BCUT2D eigenvalue weighted by atomic mass is 16.5. The molecule has 0 aromatic carbocycles. The zero-order chi connectivity index (χ0) is 5.98. The zero-order valence-electron chi connectivity index (χ0n) is 5.48. The van der Waals surface area contributed by atoms with Gasteiger partial charge in [0.15, 0.2) is 0 Å². The molecule has 0 amide bonds. The Morgan fingerprint density at radius 3 is 2.62 bits per heavy atom. The molecule has 48 valence electrons. The van der Waals surface area contributed by atoms with Gasteiger partial charge in [-0.05, 0) is 13.8 Å². The third kappa shape index (κ3) is 1.01. The molecule has 1 heterocycles.